The third-order valence-corrected chi connectivity index (χ3v) is 3.44. The van der Waals surface area contributed by atoms with E-state index in [0.29, 0.717) is 30.3 Å². The molecule has 0 aliphatic heterocycles. The molecular formula is C14H22ClN3O3. The molecule has 1 rings (SSSR count). The van der Waals surface area contributed by atoms with Crippen molar-refractivity contribution in [3.63, 3.8) is 0 Å². The zero-order valence-electron chi connectivity index (χ0n) is 12.5. The van der Waals surface area contributed by atoms with E-state index in [1.54, 1.807) is 26.4 Å². The summed E-state index contributed by atoms with van der Waals surface area (Å²) in [6.45, 7) is 3.88. The zero-order valence-corrected chi connectivity index (χ0v) is 13.3. The van der Waals surface area contributed by atoms with E-state index in [-0.39, 0.29) is 11.9 Å². The van der Waals surface area contributed by atoms with Crippen LogP contribution in [0.25, 0.3) is 0 Å². The predicted octanol–water partition coefficient (Wildman–Crippen LogP) is 1.92. The molecule has 1 aromatic carbocycles. The van der Waals surface area contributed by atoms with Crippen LogP contribution in [0.3, 0.4) is 0 Å². The first-order chi connectivity index (χ1) is 10.0. The van der Waals surface area contributed by atoms with Crippen molar-refractivity contribution in [2.24, 2.45) is 10.9 Å². The molecule has 0 spiro atoms. The fourth-order valence-electron chi connectivity index (χ4n) is 2.06. The molecule has 0 aromatic heterocycles. The van der Waals surface area contributed by atoms with Gasteiger partial charge in [-0.2, -0.15) is 0 Å². The van der Waals surface area contributed by atoms with Crippen molar-refractivity contribution in [1.82, 2.24) is 0 Å². The first-order valence-corrected chi connectivity index (χ1v) is 6.94. The molecule has 0 bridgehead atoms. The van der Waals surface area contributed by atoms with Crippen LogP contribution in [0.2, 0.25) is 5.02 Å². The van der Waals surface area contributed by atoms with E-state index < -0.39 is 0 Å². The van der Waals surface area contributed by atoms with Crippen LogP contribution in [0, 0.1) is 0 Å². The molecule has 0 saturated heterocycles. The normalized spacial score (nSPS) is 13.2. The molecule has 0 saturated carbocycles. The lowest BCUT2D eigenvalue weighted by atomic mass is 10.1. The summed E-state index contributed by atoms with van der Waals surface area (Å²) < 4.78 is 10.4. The van der Waals surface area contributed by atoms with E-state index in [2.05, 4.69) is 10.1 Å². The third-order valence-electron chi connectivity index (χ3n) is 3.14. The van der Waals surface area contributed by atoms with Crippen molar-refractivity contribution in [2.45, 2.75) is 13.0 Å². The number of ether oxygens (including phenoxy) is 2. The molecule has 0 radical (unpaired) electrons. The number of oxime groups is 1. The van der Waals surface area contributed by atoms with E-state index in [1.165, 1.54) is 0 Å². The van der Waals surface area contributed by atoms with Gasteiger partial charge < -0.3 is 25.3 Å². The Balaban J connectivity index is 3.06. The number of halogens is 1. The van der Waals surface area contributed by atoms with Crippen molar-refractivity contribution in [3.05, 3.63) is 28.8 Å². The molecule has 0 aliphatic carbocycles. The molecule has 21 heavy (non-hydrogen) atoms. The minimum Gasteiger partial charge on any atom is -0.409 e. The van der Waals surface area contributed by atoms with Gasteiger partial charge in [0.25, 0.3) is 0 Å². The highest BCUT2D eigenvalue weighted by Crippen LogP contribution is 2.28. The Labute approximate surface area is 130 Å². The van der Waals surface area contributed by atoms with Gasteiger partial charge >= 0.3 is 0 Å². The second kappa shape index (κ2) is 8.71. The minimum atomic E-state index is 0.0248. The molecule has 1 atom stereocenters. The first kappa shape index (κ1) is 17.6. The summed E-state index contributed by atoms with van der Waals surface area (Å²) in [7, 11) is 3.32. The van der Waals surface area contributed by atoms with Gasteiger partial charge in [-0.25, -0.2) is 0 Å². The number of rotatable bonds is 8. The maximum atomic E-state index is 8.71. The Morgan fingerprint density at radius 3 is 2.67 bits per heavy atom. The molecule has 0 aliphatic rings. The van der Waals surface area contributed by atoms with E-state index in [0.717, 1.165) is 5.69 Å². The maximum absolute atomic E-state index is 8.71. The molecule has 3 N–H and O–H groups in total. The summed E-state index contributed by atoms with van der Waals surface area (Å²) >= 11 is 6.33. The third kappa shape index (κ3) is 4.77. The van der Waals surface area contributed by atoms with Crippen molar-refractivity contribution in [2.75, 3.05) is 38.9 Å². The number of methoxy groups -OCH3 is 2. The lowest BCUT2D eigenvalue weighted by Gasteiger charge is -2.31. The van der Waals surface area contributed by atoms with Gasteiger partial charge in [-0.15, -0.1) is 0 Å². The molecule has 118 valence electrons. The summed E-state index contributed by atoms with van der Waals surface area (Å²) in [5, 5.41) is 12.2. The molecule has 0 amide bonds. The maximum Gasteiger partial charge on any atom is 0.170 e. The van der Waals surface area contributed by atoms with Gasteiger partial charge in [-0.05, 0) is 25.1 Å². The monoisotopic (exact) mass is 315 g/mol. The molecule has 1 unspecified atom stereocenters. The predicted molar refractivity (Wildman–Crippen MR) is 84.5 cm³/mol. The first-order valence-electron chi connectivity index (χ1n) is 6.57. The average Bonchev–Trinajstić information content (AvgIpc) is 2.48. The Morgan fingerprint density at radius 1 is 1.43 bits per heavy atom. The average molecular weight is 316 g/mol. The van der Waals surface area contributed by atoms with Crippen LogP contribution in [-0.4, -0.2) is 51.1 Å². The van der Waals surface area contributed by atoms with E-state index in [4.69, 9.17) is 32.0 Å². The van der Waals surface area contributed by atoms with Gasteiger partial charge in [-0.3, -0.25) is 0 Å². The van der Waals surface area contributed by atoms with Crippen LogP contribution >= 0.6 is 11.6 Å². The summed E-state index contributed by atoms with van der Waals surface area (Å²) in [5.41, 5.74) is 6.99. The van der Waals surface area contributed by atoms with Gasteiger partial charge in [0.2, 0.25) is 0 Å². The Kier molecular flexibility index (Phi) is 7.28. The van der Waals surface area contributed by atoms with Crippen molar-refractivity contribution < 1.29 is 14.7 Å². The van der Waals surface area contributed by atoms with Crippen LogP contribution in [0.4, 0.5) is 5.69 Å². The molecular weight excluding hydrogens is 294 g/mol. The van der Waals surface area contributed by atoms with Crippen LogP contribution < -0.4 is 10.6 Å². The van der Waals surface area contributed by atoms with E-state index in [1.807, 2.05) is 13.0 Å². The second-order valence-corrected chi connectivity index (χ2v) is 5.05. The number of hydrogen-bond acceptors (Lipinski definition) is 5. The summed E-state index contributed by atoms with van der Waals surface area (Å²) in [4.78, 5) is 2.10. The van der Waals surface area contributed by atoms with Crippen LogP contribution in [0.5, 0.6) is 0 Å². The number of nitrogens with two attached hydrogens (primary N) is 1. The van der Waals surface area contributed by atoms with Gasteiger partial charge in [0, 0.05) is 32.4 Å². The Bertz CT molecular complexity index is 483. The number of nitrogens with zero attached hydrogens (tertiary/aromatic N) is 2. The van der Waals surface area contributed by atoms with Crippen molar-refractivity contribution in [3.8, 4) is 0 Å². The van der Waals surface area contributed by atoms with Crippen LogP contribution in [-0.2, 0) is 9.47 Å². The molecule has 7 heteroatoms. The fraction of sp³-hybridized carbons (Fsp3) is 0.500. The number of anilines is 1. The van der Waals surface area contributed by atoms with E-state index >= 15 is 0 Å². The van der Waals surface area contributed by atoms with Gasteiger partial charge in [0.05, 0.1) is 23.9 Å². The summed E-state index contributed by atoms with van der Waals surface area (Å²) in [5.74, 6) is 0.0248. The topological polar surface area (TPSA) is 80.3 Å². The van der Waals surface area contributed by atoms with Gasteiger partial charge in [0.1, 0.15) is 0 Å². The zero-order chi connectivity index (χ0) is 15.8. The van der Waals surface area contributed by atoms with Gasteiger partial charge in [-0.1, -0.05) is 16.8 Å². The van der Waals surface area contributed by atoms with E-state index in [9.17, 15) is 0 Å². The quantitative estimate of drug-likeness (QED) is 0.331. The fourth-order valence-corrected chi connectivity index (χ4v) is 2.35. The lowest BCUT2D eigenvalue weighted by molar-refractivity contribution is 0.171. The van der Waals surface area contributed by atoms with Crippen LogP contribution in [0.1, 0.15) is 12.5 Å². The smallest absolute Gasteiger partial charge is 0.170 e. The second-order valence-electron chi connectivity index (χ2n) is 4.64. The Hall–Kier alpha value is -1.50. The highest BCUT2D eigenvalue weighted by atomic mass is 35.5. The summed E-state index contributed by atoms with van der Waals surface area (Å²) in [6.07, 6.45) is 0. The molecule has 0 fully saturated rings. The standard InChI is InChI=1S/C14H22ClN3O3/c1-10(9-21-3)18(6-7-20-2)13-5-4-11(8-12(13)15)14(16)17-19/h4-5,8,10,19H,6-7,9H2,1-3H3,(H2,16,17). The van der Waals surface area contributed by atoms with Crippen LogP contribution in [0.15, 0.2) is 23.4 Å². The number of hydrogen-bond donors (Lipinski definition) is 2. The largest absolute Gasteiger partial charge is 0.409 e. The molecule has 6 nitrogen and oxygen atoms in total. The van der Waals surface area contributed by atoms with Gasteiger partial charge in [0.15, 0.2) is 5.84 Å². The number of benzene rings is 1. The summed E-state index contributed by atoms with van der Waals surface area (Å²) in [6, 6.07) is 5.41. The highest BCUT2D eigenvalue weighted by molar-refractivity contribution is 6.33. The lowest BCUT2D eigenvalue weighted by Crippen LogP contribution is -2.38. The molecule has 0 heterocycles. The SMILES string of the molecule is COCCN(c1ccc(C(N)=NO)cc1Cl)C(C)COC. The molecule has 1 aromatic rings. The Morgan fingerprint density at radius 2 is 2.14 bits per heavy atom. The minimum absolute atomic E-state index is 0.0248. The highest BCUT2D eigenvalue weighted by Gasteiger charge is 2.17. The van der Waals surface area contributed by atoms with Crippen molar-refractivity contribution >= 4 is 23.1 Å². The number of amidine groups is 1. The van der Waals surface area contributed by atoms with Crippen molar-refractivity contribution in [1.29, 1.82) is 0 Å².